The maximum absolute atomic E-state index is 12.5. The highest BCUT2D eigenvalue weighted by molar-refractivity contribution is 5.79. The van der Waals surface area contributed by atoms with E-state index >= 15 is 0 Å². The van der Waals surface area contributed by atoms with E-state index < -0.39 is 0 Å². The van der Waals surface area contributed by atoms with Crippen LogP contribution in [0.25, 0.3) is 0 Å². The van der Waals surface area contributed by atoms with E-state index in [1.54, 1.807) is 0 Å². The maximum atomic E-state index is 12.5. The Kier molecular flexibility index (Phi) is 5.40. The summed E-state index contributed by atoms with van der Waals surface area (Å²) >= 11 is 0. The lowest BCUT2D eigenvalue weighted by molar-refractivity contribution is -0.149. The fourth-order valence-corrected chi connectivity index (χ4v) is 3.41. The summed E-state index contributed by atoms with van der Waals surface area (Å²) in [6.45, 7) is 2.12. The number of amides is 1. The third kappa shape index (κ3) is 3.51. The van der Waals surface area contributed by atoms with Crippen molar-refractivity contribution in [3.8, 4) is 0 Å². The minimum atomic E-state index is -0.138. The fraction of sp³-hybridized carbons (Fsp3) is 0.867. The van der Waals surface area contributed by atoms with Crippen LogP contribution in [0.3, 0.4) is 0 Å². The summed E-state index contributed by atoms with van der Waals surface area (Å²) in [7, 11) is 1.43. The van der Waals surface area contributed by atoms with Gasteiger partial charge in [0.15, 0.2) is 0 Å². The summed E-state index contributed by atoms with van der Waals surface area (Å²) in [5.41, 5.74) is 5.69. The first-order valence-electron chi connectivity index (χ1n) is 7.72. The number of esters is 1. The Hall–Kier alpha value is -1.10. The van der Waals surface area contributed by atoms with E-state index in [0.29, 0.717) is 19.0 Å². The minimum absolute atomic E-state index is 0.0305. The predicted molar refractivity (Wildman–Crippen MR) is 75.8 cm³/mol. The van der Waals surface area contributed by atoms with Crippen LogP contribution in [0.4, 0.5) is 0 Å². The highest BCUT2D eigenvalue weighted by atomic mass is 16.5. The van der Waals surface area contributed by atoms with Crippen LogP contribution in [0.2, 0.25) is 0 Å². The summed E-state index contributed by atoms with van der Waals surface area (Å²) < 4.78 is 4.77. The average molecular weight is 282 g/mol. The molecule has 0 atom stereocenters. The number of hydrogen-bond donors (Lipinski definition) is 1. The standard InChI is InChI=1S/C15H26N2O3/c1-20-15(19)13-6-8-17(9-7-13)14(18)12-4-2-11(10-16)3-5-12/h11-13H,2-10,16H2,1H3. The Morgan fingerprint density at radius 3 is 2.15 bits per heavy atom. The molecule has 114 valence electrons. The molecule has 1 heterocycles. The molecule has 20 heavy (non-hydrogen) atoms. The Labute approximate surface area is 120 Å². The molecule has 1 aliphatic carbocycles. The summed E-state index contributed by atoms with van der Waals surface area (Å²) in [6.07, 6.45) is 5.56. The van der Waals surface area contributed by atoms with Crippen LogP contribution in [-0.4, -0.2) is 43.5 Å². The number of rotatable bonds is 3. The molecule has 2 aliphatic rings. The molecule has 2 rings (SSSR count). The molecule has 2 fully saturated rings. The number of nitrogens with two attached hydrogens (primary N) is 1. The fourth-order valence-electron chi connectivity index (χ4n) is 3.41. The smallest absolute Gasteiger partial charge is 0.308 e. The number of ether oxygens (including phenoxy) is 1. The molecular weight excluding hydrogens is 256 g/mol. The van der Waals surface area contributed by atoms with Gasteiger partial charge in [-0.15, -0.1) is 0 Å². The monoisotopic (exact) mass is 282 g/mol. The van der Waals surface area contributed by atoms with Crippen LogP contribution in [0.15, 0.2) is 0 Å². The number of nitrogens with zero attached hydrogens (tertiary/aromatic N) is 1. The van der Waals surface area contributed by atoms with Gasteiger partial charge in [0, 0.05) is 19.0 Å². The third-order valence-electron chi connectivity index (χ3n) is 4.87. The van der Waals surface area contributed by atoms with E-state index in [4.69, 9.17) is 10.5 Å². The molecular formula is C15H26N2O3. The zero-order chi connectivity index (χ0) is 14.5. The molecule has 1 aliphatic heterocycles. The zero-order valence-corrected chi connectivity index (χ0v) is 12.3. The SMILES string of the molecule is COC(=O)C1CCN(C(=O)C2CCC(CN)CC2)CC1. The Bertz CT molecular complexity index is 343. The van der Waals surface area contributed by atoms with E-state index in [-0.39, 0.29) is 23.7 Å². The van der Waals surface area contributed by atoms with Gasteiger partial charge in [-0.1, -0.05) is 0 Å². The quantitative estimate of drug-likeness (QED) is 0.789. The van der Waals surface area contributed by atoms with Gasteiger partial charge in [-0.3, -0.25) is 9.59 Å². The van der Waals surface area contributed by atoms with Crippen LogP contribution in [0.1, 0.15) is 38.5 Å². The molecule has 2 N–H and O–H groups in total. The molecule has 0 radical (unpaired) electrons. The molecule has 1 saturated heterocycles. The summed E-state index contributed by atoms with van der Waals surface area (Å²) in [5.74, 6) is 0.887. The van der Waals surface area contributed by atoms with E-state index in [1.807, 2.05) is 4.90 Å². The van der Waals surface area contributed by atoms with E-state index in [0.717, 1.165) is 45.1 Å². The van der Waals surface area contributed by atoms with Gasteiger partial charge in [0.05, 0.1) is 13.0 Å². The Balaban J connectivity index is 1.79. The van der Waals surface area contributed by atoms with Crippen molar-refractivity contribution in [1.29, 1.82) is 0 Å². The number of methoxy groups -OCH3 is 1. The van der Waals surface area contributed by atoms with Crippen LogP contribution in [0.5, 0.6) is 0 Å². The second-order valence-corrected chi connectivity index (χ2v) is 6.08. The molecule has 0 aromatic rings. The normalized spacial score (nSPS) is 28.2. The molecule has 5 heteroatoms. The van der Waals surface area contributed by atoms with Gasteiger partial charge in [0.2, 0.25) is 5.91 Å². The van der Waals surface area contributed by atoms with E-state index in [9.17, 15) is 9.59 Å². The number of carbonyl (C=O) groups excluding carboxylic acids is 2. The molecule has 0 unspecified atom stereocenters. The Morgan fingerprint density at radius 1 is 1.05 bits per heavy atom. The highest BCUT2D eigenvalue weighted by Crippen LogP contribution is 2.30. The first-order chi connectivity index (χ1) is 9.65. The maximum Gasteiger partial charge on any atom is 0.308 e. The highest BCUT2D eigenvalue weighted by Gasteiger charge is 2.32. The van der Waals surface area contributed by atoms with Crippen molar-refractivity contribution in [3.05, 3.63) is 0 Å². The number of piperidine rings is 1. The molecule has 1 amide bonds. The third-order valence-corrected chi connectivity index (χ3v) is 4.87. The Morgan fingerprint density at radius 2 is 1.65 bits per heavy atom. The molecule has 0 bridgehead atoms. The van der Waals surface area contributed by atoms with Crippen molar-refractivity contribution in [2.24, 2.45) is 23.5 Å². The first-order valence-corrected chi connectivity index (χ1v) is 7.72. The van der Waals surface area contributed by atoms with Crippen LogP contribution in [0, 0.1) is 17.8 Å². The first kappa shape index (κ1) is 15.3. The topological polar surface area (TPSA) is 72.6 Å². The van der Waals surface area contributed by atoms with Crippen molar-refractivity contribution in [1.82, 2.24) is 4.90 Å². The van der Waals surface area contributed by atoms with Crippen molar-refractivity contribution >= 4 is 11.9 Å². The van der Waals surface area contributed by atoms with Crippen LogP contribution < -0.4 is 5.73 Å². The van der Waals surface area contributed by atoms with E-state index in [1.165, 1.54) is 7.11 Å². The van der Waals surface area contributed by atoms with Gasteiger partial charge in [0.1, 0.15) is 0 Å². The van der Waals surface area contributed by atoms with Gasteiger partial charge < -0.3 is 15.4 Å². The van der Waals surface area contributed by atoms with Crippen LogP contribution >= 0.6 is 0 Å². The minimum Gasteiger partial charge on any atom is -0.469 e. The van der Waals surface area contributed by atoms with Crippen molar-refractivity contribution in [3.63, 3.8) is 0 Å². The molecule has 0 aromatic carbocycles. The van der Waals surface area contributed by atoms with Crippen molar-refractivity contribution < 1.29 is 14.3 Å². The molecule has 5 nitrogen and oxygen atoms in total. The molecule has 0 spiro atoms. The average Bonchev–Trinajstić information content (AvgIpc) is 2.53. The van der Waals surface area contributed by atoms with Crippen molar-refractivity contribution in [2.75, 3.05) is 26.7 Å². The lowest BCUT2D eigenvalue weighted by Crippen LogP contribution is -2.44. The van der Waals surface area contributed by atoms with Gasteiger partial charge in [0.25, 0.3) is 0 Å². The largest absolute Gasteiger partial charge is 0.469 e. The van der Waals surface area contributed by atoms with Gasteiger partial charge in [-0.2, -0.15) is 0 Å². The number of carbonyl (C=O) groups is 2. The predicted octanol–water partition coefficient (Wildman–Crippen LogP) is 1.16. The van der Waals surface area contributed by atoms with Gasteiger partial charge in [-0.05, 0) is 51.0 Å². The zero-order valence-electron chi connectivity index (χ0n) is 12.3. The van der Waals surface area contributed by atoms with Crippen LogP contribution in [-0.2, 0) is 14.3 Å². The van der Waals surface area contributed by atoms with Crippen molar-refractivity contribution in [2.45, 2.75) is 38.5 Å². The lowest BCUT2D eigenvalue weighted by atomic mass is 9.81. The summed E-state index contributed by atoms with van der Waals surface area (Å²) in [4.78, 5) is 25.9. The van der Waals surface area contributed by atoms with Gasteiger partial charge in [-0.25, -0.2) is 0 Å². The van der Waals surface area contributed by atoms with E-state index in [2.05, 4.69) is 0 Å². The second-order valence-electron chi connectivity index (χ2n) is 6.08. The second kappa shape index (κ2) is 7.07. The summed E-state index contributed by atoms with van der Waals surface area (Å²) in [5, 5.41) is 0. The van der Waals surface area contributed by atoms with Gasteiger partial charge >= 0.3 is 5.97 Å². The lowest BCUT2D eigenvalue weighted by Gasteiger charge is -2.35. The molecule has 1 saturated carbocycles. The molecule has 0 aromatic heterocycles. The number of hydrogen-bond acceptors (Lipinski definition) is 4. The number of likely N-dealkylation sites (tertiary alicyclic amines) is 1. The summed E-state index contributed by atoms with van der Waals surface area (Å²) in [6, 6.07) is 0.